The number of likely N-dealkylation sites (tertiary alicyclic amines) is 1. The Bertz CT molecular complexity index is 524. The van der Waals surface area contributed by atoms with E-state index in [1.807, 2.05) is 17.0 Å². The molecule has 2 amide bonds. The molecule has 0 saturated carbocycles. The van der Waals surface area contributed by atoms with Gasteiger partial charge in [-0.2, -0.15) is 0 Å². The summed E-state index contributed by atoms with van der Waals surface area (Å²) in [5.41, 5.74) is 1.15. The minimum absolute atomic E-state index is 0.103. The second kappa shape index (κ2) is 7.07. The minimum Gasteiger partial charge on any atom is -0.338 e. The predicted molar refractivity (Wildman–Crippen MR) is 89.5 cm³/mol. The third-order valence-electron chi connectivity index (χ3n) is 4.44. The van der Waals surface area contributed by atoms with Gasteiger partial charge in [0.1, 0.15) is 0 Å². The van der Waals surface area contributed by atoms with Crippen molar-refractivity contribution in [1.29, 1.82) is 0 Å². The topological polar surface area (TPSA) is 35.6 Å². The number of nitrogens with zero attached hydrogens (tertiary/aromatic N) is 2. The number of rotatable bonds is 3. The summed E-state index contributed by atoms with van der Waals surface area (Å²) in [5, 5.41) is 4.30. The molecular formula is C16H21Cl2N3O. The predicted octanol–water partition coefficient (Wildman–Crippen LogP) is 3.37. The van der Waals surface area contributed by atoms with Crippen molar-refractivity contribution in [2.75, 3.05) is 26.2 Å². The van der Waals surface area contributed by atoms with Gasteiger partial charge in [-0.1, -0.05) is 23.2 Å². The van der Waals surface area contributed by atoms with Crippen LogP contribution in [0.15, 0.2) is 18.2 Å². The lowest BCUT2D eigenvalue weighted by Gasteiger charge is -2.40. The van der Waals surface area contributed by atoms with Gasteiger partial charge in [0.15, 0.2) is 0 Å². The Kier molecular flexibility index (Phi) is 5.11. The molecule has 1 N–H and O–H groups in total. The Labute approximate surface area is 141 Å². The molecule has 6 heteroatoms. The van der Waals surface area contributed by atoms with Crippen LogP contribution in [-0.4, -0.2) is 48.1 Å². The number of urea groups is 1. The molecule has 0 spiro atoms. The van der Waals surface area contributed by atoms with Gasteiger partial charge < -0.3 is 10.2 Å². The number of amides is 2. The molecule has 1 aromatic carbocycles. The van der Waals surface area contributed by atoms with Crippen LogP contribution in [0.2, 0.25) is 10.0 Å². The number of hydrogen-bond acceptors (Lipinski definition) is 2. The van der Waals surface area contributed by atoms with Crippen molar-refractivity contribution in [2.24, 2.45) is 0 Å². The van der Waals surface area contributed by atoms with E-state index in [2.05, 4.69) is 10.2 Å². The lowest BCUT2D eigenvalue weighted by molar-refractivity contribution is 0.109. The standard InChI is InChI=1S/C16H21Cl2N3O/c17-13-8-12(9-14(18)10-13)11-20-6-2-15(3-7-20)21-5-1-4-19-16(21)22/h8-10,15H,1-7,11H2,(H,19,22). The van der Waals surface area contributed by atoms with Gasteiger partial charge in [0.25, 0.3) is 0 Å². The summed E-state index contributed by atoms with van der Waals surface area (Å²) in [6.07, 6.45) is 3.11. The Morgan fingerprint density at radius 2 is 1.77 bits per heavy atom. The molecular weight excluding hydrogens is 321 g/mol. The maximum Gasteiger partial charge on any atom is 0.317 e. The van der Waals surface area contributed by atoms with Gasteiger partial charge in [-0.15, -0.1) is 0 Å². The molecule has 0 atom stereocenters. The molecule has 1 aromatic rings. The third kappa shape index (κ3) is 3.86. The highest BCUT2D eigenvalue weighted by atomic mass is 35.5. The third-order valence-corrected chi connectivity index (χ3v) is 4.88. The average molecular weight is 342 g/mol. The summed E-state index contributed by atoms with van der Waals surface area (Å²) in [6.45, 7) is 4.56. The lowest BCUT2D eigenvalue weighted by Crippen LogP contribution is -2.54. The highest BCUT2D eigenvalue weighted by Gasteiger charge is 2.29. The molecule has 2 aliphatic rings. The number of carbonyl (C=O) groups is 1. The van der Waals surface area contributed by atoms with Gasteiger partial charge in [-0.25, -0.2) is 4.79 Å². The second-order valence-corrected chi connectivity index (χ2v) is 6.94. The number of piperidine rings is 1. The monoisotopic (exact) mass is 341 g/mol. The fourth-order valence-electron chi connectivity index (χ4n) is 3.35. The van der Waals surface area contributed by atoms with Crippen LogP contribution in [0.1, 0.15) is 24.8 Å². The highest BCUT2D eigenvalue weighted by Crippen LogP contribution is 2.23. The first-order valence-electron chi connectivity index (χ1n) is 7.83. The summed E-state index contributed by atoms with van der Waals surface area (Å²) >= 11 is 12.1. The summed E-state index contributed by atoms with van der Waals surface area (Å²) in [7, 11) is 0. The zero-order chi connectivity index (χ0) is 15.5. The van der Waals surface area contributed by atoms with Crippen LogP contribution in [0.4, 0.5) is 4.79 Å². The van der Waals surface area contributed by atoms with Crippen LogP contribution in [0.3, 0.4) is 0 Å². The highest BCUT2D eigenvalue weighted by molar-refractivity contribution is 6.34. The van der Waals surface area contributed by atoms with Gasteiger partial charge in [0.05, 0.1) is 0 Å². The minimum atomic E-state index is 0.103. The molecule has 2 saturated heterocycles. The van der Waals surface area contributed by atoms with Gasteiger partial charge >= 0.3 is 6.03 Å². The normalized spacial score (nSPS) is 21.0. The molecule has 2 aliphatic heterocycles. The van der Waals surface area contributed by atoms with E-state index in [0.29, 0.717) is 16.1 Å². The van der Waals surface area contributed by atoms with E-state index in [1.165, 1.54) is 0 Å². The van der Waals surface area contributed by atoms with Crippen molar-refractivity contribution in [3.05, 3.63) is 33.8 Å². The molecule has 0 aliphatic carbocycles. The SMILES string of the molecule is O=C1NCCCN1C1CCN(Cc2cc(Cl)cc(Cl)c2)CC1. The Hall–Kier alpha value is -0.970. The molecule has 2 heterocycles. The van der Waals surface area contributed by atoms with Crippen molar-refractivity contribution in [1.82, 2.24) is 15.1 Å². The van der Waals surface area contributed by atoms with E-state index >= 15 is 0 Å². The first-order chi connectivity index (χ1) is 10.6. The number of carbonyl (C=O) groups excluding carboxylic acids is 1. The second-order valence-electron chi connectivity index (χ2n) is 6.06. The van der Waals surface area contributed by atoms with Crippen molar-refractivity contribution in [2.45, 2.75) is 31.8 Å². The molecule has 3 rings (SSSR count). The molecule has 0 aromatic heterocycles. The molecule has 0 unspecified atom stereocenters. The zero-order valence-electron chi connectivity index (χ0n) is 12.5. The van der Waals surface area contributed by atoms with Crippen LogP contribution in [0, 0.1) is 0 Å². The quantitative estimate of drug-likeness (QED) is 0.914. The van der Waals surface area contributed by atoms with Gasteiger partial charge in [-0.05, 0) is 43.0 Å². The first kappa shape index (κ1) is 15.9. The smallest absolute Gasteiger partial charge is 0.317 e. The summed E-state index contributed by atoms with van der Waals surface area (Å²) in [4.78, 5) is 16.3. The molecule has 0 radical (unpaired) electrons. The number of nitrogens with one attached hydrogen (secondary N) is 1. The summed E-state index contributed by atoms with van der Waals surface area (Å²) in [5.74, 6) is 0. The van der Waals surface area contributed by atoms with Gasteiger partial charge in [0.2, 0.25) is 0 Å². The Morgan fingerprint density at radius 1 is 1.09 bits per heavy atom. The van der Waals surface area contributed by atoms with Crippen LogP contribution < -0.4 is 5.32 Å². The van der Waals surface area contributed by atoms with Crippen LogP contribution >= 0.6 is 23.2 Å². The van der Waals surface area contributed by atoms with Gasteiger partial charge in [-0.3, -0.25) is 4.90 Å². The van der Waals surface area contributed by atoms with E-state index < -0.39 is 0 Å². The van der Waals surface area contributed by atoms with Crippen LogP contribution in [0.5, 0.6) is 0 Å². The number of halogens is 2. The van der Waals surface area contributed by atoms with Crippen molar-refractivity contribution >= 4 is 29.2 Å². The van der Waals surface area contributed by atoms with E-state index in [4.69, 9.17) is 23.2 Å². The molecule has 4 nitrogen and oxygen atoms in total. The summed E-state index contributed by atoms with van der Waals surface area (Å²) in [6, 6.07) is 6.18. The molecule has 120 valence electrons. The maximum absolute atomic E-state index is 11.9. The van der Waals surface area contributed by atoms with Crippen molar-refractivity contribution in [3.8, 4) is 0 Å². The average Bonchev–Trinajstić information content (AvgIpc) is 2.48. The number of benzene rings is 1. The molecule has 22 heavy (non-hydrogen) atoms. The maximum atomic E-state index is 11.9. The van der Waals surface area contributed by atoms with E-state index in [-0.39, 0.29) is 6.03 Å². The zero-order valence-corrected chi connectivity index (χ0v) is 14.0. The Balaban J connectivity index is 1.54. The van der Waals surface area contributed by atoms with Crippen LogP contribution in [-0.2, 0) is 6.54 Å². The fourth-order valence-corrected chi connectivity index (χ4v) is 3.92. The fraction of sp³-hybridized carbons (Fsp3) is 0.562. The van der Waals surface area contributed by atoms with Crippen molar-refractivity contribution in [3.63, 3.8) is 0 Å². The van der Waals surface area contributed by atoms with Crippen LogP contribution in [0.25, 0.3) is 0 Å². The van der Waals surface area contributed by atoms with E-state index in [0.717, 1.165) is 57.5 Å². The Morgan fingerprint density at radius 3 is 2.41 bits per heavy atom. The van der Waals surface area contributed by atoms with Gasteiger partial charge in [0, 0.05) is 48.8 Å². The number of hydrogen-bond donors (Lipinski definition) is 1. The molecule has 2 fully saturated rings. The largest absolute Gasteiger partial charge is 0.338 e. The van der Waals surface area contributed by atoms with E-state index in [1.54, 1.807) is 6.07 Å². The van der Waals surface area contributed by atoms with E-state index in [9.17, 15) is 4.79 Å². The van der Waals surface area contributed by atoms with Crippen molar-refractivity contribution < 1.29 is 4.79 Å². The first-order valence-corrected chi connectivity index (χ1v) is 8.59. The molecule has 0 bridgehead atoms. The summed E-state index contributed by atoms with van der Waals surface area (Å²) < 4.78 is 0. The lowest BCUT2D eigenvalue weighted by atomic mass is 10.0.